The maximum Gasteiger partial charge on any atom is 0.160 e. The molecule has 3 aliphatic rings. The third kappa shape index (κ3) is 14.2. The quantitative estimate of drug-likeness (QED) is 0.306. The summed E-state index contributed by atoms with van der Waals surface area (Å²) in [6.45, 7) is 12.2. The van der Waals surface area contributed by atoms with Gasteiger partial charge in [0, 0.05) is 32.1 Å². The molecule has 0 spiro atoms. The number of aliphatic hydroxyl groups is 6. The van der Waals surface area contributed by atoms with Crippen LogP contribution in [0.3, 0.4) is 0 Å². The Bertz CT molecular complexity index is 485. The Morgan fingerprint density at radius 2 is 1.14 bits per heavy atom. The summed E-state index contributed by atoms with van der Waals surface area (Å²) in [5.41, 5.74) is 0. The molecule has 9 atom stereocenters. The number of aliphatic hydroxyl groups excluding tert-OH is 6. The molecule has 0 saturated carbocycles. The summed E-state index contributed by atoms with van der Waals surface area (Å²) in [5.74, 6) is 0.411. The highest BCUT2D eigenvalue weighted by Crippen LogP contribution is 2.25. The first kappa shape index (κ1) is 34.6. The number of hydrogen-bond donors (Lipinski definition) is 6. The van der Waals surface area contributed by atoms with Gasteiger partial charge in [0.05, 0.1) is 62.5 Å². The van der Waals surface area contributed by atoms with E-state index in [1.54, 1.807) is 0 Å². The zero-order valence-electron chi connectivity index (χ0n) is 22.5. The molecule has 9 unspecified atom stereocenters. The van der Waals surface area contributed by atoms with Crippen molar-refractivity contribution in [2.24, 2.45) is 5.92 Å². The van der Waals surface area contributed by atoms with Gasteiger partial charge in [-0.2, -0.15) is 0 Å². The minimum atomic E-state index is -0.972. The Hall–Kier alpha value is -0.400. The van der Waals surface area contributed by atoms with Crippen molar-refractivity contribution in [2.75, 3.05) is 19.8 Å². The highest BCUT2D eigenvalue weighted by Gasteiger charge is 2.32. The van der Waals surface area contributed by atoms with E-state index in [9.17, 15) is 20.4 Å². The first-order valence-electron chi connectivity index (χ1n) is 13.2. The fraction of sp³-hybridized carbons (Fsp3) is 1.00. The summed E-state index contributed by atoms with van der Waals surface area (Å²) < 4.78 is 21.7. The van der Waals surface area contributed by atoms with Crippen molar-refractivity contribution in [1.82, 2.24) is 0 Å². The second-order valence-electron chi connectivity index (χ2n) is 9.02. The van der Waals surface area contributed by atoms with Crippen molar-refractivity contribution < 1.29 is 49.6 Å². The second kappa shape index (κ2) is 19.7. The van der Waals surface area contributed by atoms with E-state index in [0.29, 0.717) is 38.0 Å². The van der Waals surface area contributed by atoms with Crippen LogP contribution in [0.2, 0.25) is 0 Å². The summed E-state index contributed by atoms with van der Waals surface area (Å²) in [6.07, 6.45) is -1.28. The third-order valence-corrected chi connectivity index (χ3v) is 5.73. The topological polar surface area (TPSA) is 158 Å². The maximum atomic E-state index is 9.62. The summed E-state index contributed by atoms with van der Waals surface area (Å²) >= 11 is 0. The molecule has 0 amide bonds. The van der Waals surface area contributed by atoms with Crippen molar-refractivity contribution in [3.8, 4) is 0 Å². The zero-order valence-corrected chi connectivity index (χ0v) is 22.5. The SMILES string of the molecule is CC.CC.CC(C)C1CC(O)CC(CO)O1.OCC1CC(O)CC(OCC2CC(O)CC(O)O2)O1. The Balaban J connectivity index is 0.000000623. The molecule has 0 aromatic rings. The van der Waals surface area contributed by atoms with Crippen molar-refractivity contribution in [3.63, 3.8) is 0 Å². The van der Waals surface area contributed by atoms with Gasteiger partial charge in [-0.25, -0.2) is 0 Å². The van der Waals surface area contributed by atoms with Gasteiger partial charge in [0.15, 0.2) is 12.6 Å². The van der Waals surface area contributed by atoms with Crippen LogP contribution in [-0.2, 0) is 18.9 Å². The summed E-state index contributed by atoms with van der Waals surface area (Å²) in [4.78, 5) is 0. The largest absolute Gasteiger partial charge is 0.394 e. The van der Waals surface area contributed by atoms with E-state index in [1.807, 2.05) is 27.7 Å². The minimum absolute atomic E-state index is 0.0142. The fourth-order valence-corrected chi connectivity index (χ4v) is 4.03. The molecule has 3 rings (SSSR count). The van der Waals surface area contributed by atoms with Gasteiger partial charge < -0.3 is 49.6 Å². The van der Waals surface area contributed by atoms with Gasteiger partial charge >= 0.3 is 0 Å². The van der Waals surface area contributed by atoms with Crippen LogP contribution in [0.15, 0.2) is 0 Å². The van der Waals surface area contributed by atoms with E-state index in [-0.39, 0.29) is 44.6 Å². The lowest BCUT2D eigenvalue weighted by Gasteiger charge is -2.34. The van der Waals surface area contributed by atoms with E-state index in [2.05, 4.69) is 13.8 Å². The third-order valence-electron chi connectivity index (χ3n) is 5.73. The van der Waals surface area contributed by atoms with E-state index in [4.69, 9.17) is 29.2 Å². The normalized spacial score (nSPS) is 37.1. The molecule has 3 saturated heterocycles. The summed E-state index contributed by atoms with van der Waals surface area (Å²) in [7, 11) is 0. The lowest BCUT2D eigenvalue weighted by molar-refractivity contribution is -0.252. The lowest BCUT2D eigenvalue weighted by atomic mass is 9.94. The van der Waals surface area contributed by atoms with Crippen LogP contribution in [0.4, 0.5) is 0 Å². The minimum Gasteiger partial charge on any atom is -0.394 e. The van der Waals surface area contributed by atoms with Crippen LogP contribution in [0.1, 0.15) is 80.1 Å². The van der Waals surface area contributed by atoms with Gasteiger partial charge in [0.2, 0.25) is 0 Å². The van der Waals surface area contributed by atoms with Gasteiger partial charge in [-0.3, -0.25) is 0 Å². The van der Waals surface area contributed by atoms with Gasteiger partial charge in [-0.15, -0.1) is 0 Å². The average Bonchev–Trinajstić information content (AvgIpc) is 2.84. The van der Waals surface area contributed by atoms with E-state index in [0.717, 1.165) is 0 Å². The molecule has 35 heavy (non-hydrogen) atoms. The van der Waals surface area contributed by atoms with Crippen LogP contribution < -0.4 is 0 Å². The average molecular weight is 513 g/mol. The fourth-order valence-electron chi connectivity index (χ4n) is 4.03. The van der Waals surface area contributed by atoms with Gasteiger partial charge in [-0.05, 0) is 12.3 Å². The smallest absolute Gasteiger partial charge is 0.160 e. The van der Waals surface area contributed by atoms with Crippen molar-refractivity contribution in [3.05, 3.63) is 0 Å². The maximum absolute atomic E-state index is 9.62. The van der Waals surface area contributed by atoms with Crippen LogP contribution in [0, 0.1) is 5.92 Å². The first-order chi connectivity index (χ1) is 16.7. The molecule has 3 heterocycles. The number of hydrogen-bond acceptors (Lipinski definition) is 10. The van der Waals surface area contributed by atoms with Crippen LogP contribution in [0.5, 0.6) is 0 Å². The summed E-state index contributed by atoms with van der Waals surface area (Å²) in [5, 5.41) is 55.8. The molecular weight excluding hydrogens is 460 g/mol. The van der Waals surface area contributed by atoms with Crippen LogP contribution in [0.25, 0.3) is 0 Å². The molecule has 0 radical (unpaired) electrons. The van der Waals surface area contributed by atoms with Crippen LogP contribution >= 0.6 is 0 Å². The highest BCUT2D eigenvalue weighted by atomic mass is 16.7. The van der Waals surface area contributed by atoms with Crippen molar-refractivity contribution in [1.29, 1.82) is 0 Å². The second-order valence-corrected chi connectivity index (χ2v) is 9.02. The number of ether oxygens (including phenoxy) is 4. The highest BCUT2D eigenvalue weighted by molar-refractivity contribution is 4.78. The molecule has 10 heteroatoms. The molecule has 0 bridgehead atoms. The zero-order chi connectivity index (χ0) is 27.0. The molecule has 0 aliphatic carbocycles. The Labute approximate surface area is 211 Å². The molecule has 3 fully saturated rings. The molecule has 10 nitrogen and oxygen atoms in total. The molecular formula is C25H52O10. The molecule has 212 valence electrons. The monoisotopic (exact) mass is 512 g/mol. The van der Waals surface area contributed by atoms with E-state index in [1.165, 1.54) is 0 Å². The first-order valence-corrected chi connectivity index (χ1v) is 13.2. The lowest BCUT2D eigenvalue weighted by Crippen LogP contribution is -2.42. The predicted octanol–water partition coefficient (Wildman–Crippen LogP) is 1.32. The predicted molar refractivity (Wildman–Crippen MR) is 132 cm³/mol. The number of rotatable bonds is 6. The molecule has 3 aliphatic heterocycles. The Morgan fingerprint density at radius 1 is 0.657 bits per heavy atom. The van der Waals surface area contributed by atoms with Gasteiger partial charge in [0.1, 0.15) is 0 Å². The molecule has 6 N–H and O–H groups in total. The van der Waals surface area contributed by atoms with Crippen molar-refractivity contribution in [2.45, 2.75) is 135 Å². The Morgan fingerprint density at radius 3 is 1.66 bits per heavy atom. The van der Waals surface area contributed by atoms with Crippen LogP contribution in [-0.4, -0.2) is 106 Å². The van der Waals surface area contributed by atoms with E-state index >= 15 is 0 Å². The summed E-state index contributed by atoms with van der Waals surface area (Å²) in [6, 6.07) is 0. The van der Waals surface area contributed by atoms with Crippen molar-refractivity contribution >= 4 is 0 Å². The van der Waals surface area contributed by atoms with Gasteiger partial charge in [0.25, 0.3) is 0 Å². The Kier molecular flexibility index (Phi) is 19.5. The standard InChI is InChI=1S/C12H22O7.C9H18O3.2C2H6/c13-5-9-1-8(15)4-12(19-9)17-6-10-2-7(14)3-11(16)18-10;1-6(2)9-4-7(11)3-8(5-10)12-9;2*1-2/h7-16H,1-6H2;6-11H,3-5H2,1-2H3;2*1-2H3. The molecule has 0 aromatic heterocycles. The molecule has 0 aromatic carbocycles. The van der Waals surface area contributed by atoms with E-state index < -0.39 is 37.0 Å². The van der Waals surface area contributed by atoms with Gasteiger partial charge in [-0.1, -0.05) is 41.5 Å².